The van der Waals surface area contributed by atoms with Crippen LogP contribution in [0.5, 0.6) is 0 Å². The summed E-state index contributed by atoms with van der Waals surface area (Å²) in [6.45, 7) is 4.63. The van der Waals surface area contributed by atoms with Crippen LogP contribution in [0.3, 0.4) is 0 Å². The van der Waals surface area contributed by atoms with Gasteiger partial charge in [0.05, 0.1) is 0 Å². The first-order chi connectivity index (χ1) is 8.88. The van der Waals surface area contributed by atoms with Gasteiger partial charge in [0.2, 0.25) is 0 Å². The Kier molecular flexibility index (Phi) is 4.51. The van der Waals surface area contributed by atoms with Crippen LogP contribution in [0.4, 0.5) is 22.0 Å². The third kappa shape index (κ3) is 3.49. The van der Waals surface area contributed by atoms with Crippen molar-refractivity contribution in [2.24, 2.45) is 5.92 Å². The first kappa shape index (κ1) is 16.9. The monoisotopic (exact) mass is 300 g/mol. The standard InChI is InChI=1S/C13H17F5O2/c1-8-4-6-9(7-5-8)11(2,3)20-10(19)12(14,15)13(16,17)18/h4,9H,5-7H2,1-3H3. The van der Waals surface area contributed by atoms with Crippen LogP contribution in [0.25, 0.3) is 0 Å². The van der Waals surface area contributed by atoms with E-state index in [1.807, 2.05) is 13.0 Å². The van der Waals surface area contributed by atoms with E-state index in [0.717, 1.165) is 5.57 Å². The van der Waals surface area contributed by atoms with Gasteiger partial charge < -0.3 is 4.74 Å². The molecule has 0 heterocycles. The van der Waals surface area contributed by atoms with Crippen LogP contribution in [0.15, 0.2) is 11.6 Å². The molecule has 1 unspecified atom stereocenters. The highest BCUT2D eigenvalue weighted by Gasteiger charge is 2.65. The number of hydrogen-bond acceptors (Lipinski definition) is 2. The van der Waals surface area contributed by atoms with E-state index in [9.17, 15) is 26.7 Å². The van der Waals surface area contributed by atoms with Crippen molar-refractivity contribution in [3.05, 3.63) is 11.6 Å². The molecule has 0 N–H and O–H groups in total. The van der Waals surface area contributed by atoms with Gasteiger partial charge in [-0.3, -0.25) is 0 Å². The third-order valence-corrected chi connectivity index (χ3v) is 3.59. The molecule has 1 rings (SSSR count). The number of carbonyl (C=O) groups excluding carboxylic acids is 1. The Morgan fingerprint density at radius 2 is 1.80 bits per heavy atom. The smallest absolute Gasteiger partial charge is 0.455 e. The van der Waals surface area contributed by atoms with Crippen molar-refractivity contribution >= 4 is 5.97 Å². The topological polar surface area (TPSA) is 26.3 Å². The number of esters is 1. The summed E-state index contributed by atoms with van der Waals surface area (Å²) in [7, 11) is 0. The van der Waals surface area contributed by atoms with Crippen LogP contribution < -0.4 is 0 Å². The summed E-state index contributed by atoms with van der Waals surface area (Å²) < 4.78 is 66.5. The summed E-state index contributed by atoms with van der Waals surface area (Å²) in [5, 5.41) is 0. The van der Waals surface area contributed by atoms with E-state index in [1.54, 1.807) is 0 Å². The van der Waals surface area contributed by atoms with Gasteiger partial charge in [-0.05, 0) is 40.0 Å². The quantitative estimate of drug-likeness (QED) is 0.442. The molecule has 0 saturated carbocycles. The second-order valence-electron chi connectivity index (χ2n) is 5.59. The summed E-state index contributed by atoms with van der Waals surface area (Å²) in [5.74, 6) is -8.30. The van der Waals surface area contributed by atoms with E-state index < -0.39 is 23.7 Å². The summed E-state index contributed by atoms with van der Waals surface area (Å²) in [5.41, 5.74) is -0.243. The van der Waals surface area contributed by atoms with Crippen LogP contribution in [0.2, 0.25) is 0 Å². The van der Waals surface area contributed by atoms with Crippen LogP contribution in [0.1, 0.15) is 40.0 Å². The number of carbonyl (C=O) groups is 1. The van der Waals surface area contributed by atoms with Gasteiger partial charge in [0.25, 0.3) is 0 Å². The van der Waals surface area contributed by atoms with Crippen molar-refractivity contribution in [3.8, 4) is 0 Å². The lowest BCUT2D eigenvalue weighted by Gasteiger charge is -2.36. The molecule has 1 aliphatic carbocycles. The largest absolute Gasteiger partial charge is 0.465 e. The predicted octanol–water partition coefficient (Wildman–Crippen LogP) is 4.25. The summed E-state index contributed by atoms with van der Waals surface area (Å²) in [6, 6.07) is 0. The van der Waals surface area contributed by atoms with Crippen LogP contribution in [-0.4, -0.2) is 23.7 Å². The van der Waals surface area contributed by atoms with Gasteiger partial charge in [0.15, 0.2) is 0 Å². The summed E-state index contributed by atoms with van der Waals surface area (Å²) in [4.78, 5) is 11.1. The van der Waals surface area contributed by atoms with Gasteiger partial charge in [0, 0.05) is 5.92 Å². The lowest BCUT2D eigenvalue weighted by atomic mass is 9.79. The molecule has 0 saturated heterocycles. The lowest BCUT2D eigenvalue weighted by molar-refractivity contribution is -0.286. The molecule has 1 aliphatic rings. The van der Waals surface area contributed by atoms with Crippen molar-refractivity contribution in [2.75, 3.05) is 0 Å². The highest BCUT2D eigenvalue weighted by Crippen LogP contribution is 2.40. The Balaban J connectivity index is 2.79. The van der Waals surface area contributed by atoms with Gasteiger partial charge in [-0.1, -0.05) is 11.6 Å². The molecule has 0 spiro atoms. The highest BCUT2D eigenvalue weighted by atomic mass is 19.4. The van der Waals surface area contributed by atoms with Gasteiger partial charge in [0.1, 0.15) is 5.60 Å². The van der Waals surface area contributed by atoms with Crippen molar-refractivity contribution in [1.29, 1.82) is 0 Å². The molecule has 2 nitrogen and oxygen atoms in total. The normalized spacial score (nSPS) is 21.4. The number of alkyl halides is 5. The van der Waals surface area contributed by atoms with Crippen LogP contribution >= 0.6 is 0 Å². The molecular formula is C13H17F5O2. The maximum absolute atomic E-state index is 12.9. The van der Waals surface area contributed by atoms with Crippen molar-refractivity contribution in [1.82, 2.24) is 0 Å². The number of hydrogen-bond donors (Lipinski definition) is 0. The van der Waals surface area contributed by atoms with Crippen molar-refractivity contribution < 1.29 is 31.5 Å². The fourth-order valence-electron chi connectivity index (χ4n) is 2.10. The molecule has 0 aliphatic heterocycles. The molecule has 0 amide bonds. The van der Waals surface area contributed by atoms with Crippen LogP contribution in [-0.2, 0) is 9.53 Å². The SMILES string of the molecule is CC1=CCC(C(C)(C)OC(=O)C(F)(F)C(F)(F)F)CC1. The Morgan fingerprint density at radius 1 is 1.25 bits per heavy atom. The van der Waals surface area contributed by atoms with E-state index in [2.05, 4.69) is 4.74 Å². The Bertz CT molecular complexity index is 409. The molecule has 7 heteroatoms. The molecule has 1 atom stereocenters. The van der Waals surface area contributed by atoms with E-state index in [1.165, 1.54) is 13.8 Å². The Morgan fingerprint density at radius 3 is 2.20 bits per heavy atom. The second-order valence-corrected chi connectivity index (χ2v) is 5.59. The predicted molar refractivity (Wildman–Crippen MR) is 62.3 cm³/mol. The molecule has 0 aromatic rings. The second kappa shape index (κ2) is 5.33. The highest BCUT2D eigenvalue weighted by molar-refractivity contribution is 5.79. The Labute approximate surface area is 114 Å². The first-order valence-corrected chi connectivity index (χ1v) is 6.21. The average molecular weight is 300 g/mol. The molecular weight excluding hydrogens is 283 g/mol. The molecule has 20 heavy (non-hydrogen) atoms. The van der Waals surface area contributed by atoms with Gasteiger partial charge in [-0.15, -0.1) is 0 Å². The zero-order valence-electron chi connectivity index (χ0n) is 11.5. The Hall–Kier alpha value is -1.14. The molecule has 0 bridgehead atoms. The molecule has 0 aromatic heterocycles. The van der Waals surface area contributed by atoms with E-state index in [-0.39, 0.29) is 5.92 Å². The fourth-order valence-corrected chi connectivity index (χ4v) is 2.10. The van der Waals surface area contributed by atoms with Crippen molar-refractivity contribution in [2.45, 2.75) is 57.7 Å². The minimum atomic E-state index is -5.94. The maximum atomic E-state index is 12.9. The number of ether oxygens (including phenoxy) is 1. The first-order valence-electron chi connectivity index (χ1n) is 6.21. The van der Waals surface area contributed by atoms with E-state index in [4.69, 9.17) is 0 Å². The van der Waals surface area contributed by atoms with E-state index >= 15 is 0 Å². The van der Waals surface area contributed by atoms with Gasteiger partial charge in [-0.2, -0.15) is 22.0 Å². The van der Waals surface area contributed by atoms with Crippen molar-refractivity contribution in [3.63, 3.8) is 0 Å². The third-order valence-electron chi connectivity index (χ3n) is 3.59. The van der Waals surface area contributed by atoms with Gasteiger partial charge >= 0.3 is 18.1 Å². The average Bonchev–Trinajstić information content (AvgIpc) is 2.27. The minimum absolute atomic E-state index is 0.279. The minimum Gasteiger partial charge on any atom is -0.455 e. The number of allylic oxidation sites excluding steroid dienone is 2. The van der Waals surface area contributed by atoms with Crippen LogP contribution in [0, 0.1) is 5.92 Å². The number of rotatable bonds is 3. The zero-order chi connectivity index (χ0) is 15.8. The van der Waals surface area contributed by atoms with E-state index in [0.29, 0.717) is 19.3 Å². The molecule has 0 radical (unpaired) electrons. The fraction of sp³-hybridized carbons (Fsp3) is 0.769. The molecule has 0 aromatic carbocycles. The number of halogens is 5. The maximum Gasteiger partial charge on any atom is 0.465 e. The lowest BCUT2D eigenvalue weighted by Crippen LogP contribution is -2.49. The summed E-state index contributed by atoms with van der Waals surface area (Å²) >= 11 is 0. The zero-order valence-corrected chi connectivity index (χ0v) is 11.5. The molecule has 116 valence electrons. The molecule has 0 fully saturated rings. The van der Waals surface area contributed by atoms with Gasteiger partial charge in [-0.25, -0.2) is 4.79 Å². The summed E-state index contributed by atoms with van der Waals surface area (Å²) in [6.07, 6.45) is -2.28.